The number of halogens is 1. The molecule has 1 N–H and O–H groups in total. The average Bonchev–Trinajstić information content (AvgIpc) is 2.56. The van der Waals surface area contributed by atoms with Gasteiger partial charge in [-0.15, -0.1) is 0 Å². The first kappa shape index (κ1) is 18.8. The van der Waals surface area contributed by atoms with Crippen molar-refractivity contribution in [3.8, 4) is 5.75 Å². The van der Waals surface area contributed by atoms with Crippen molar-refractivity contribution in [2.75, 3.05) is 13.2 Å². The second-order valence-corrected chi connectivity index (χ2v) is 6.45. The van der Waals surface area contributed by atoms with Crippen molar-refractivity contribution < 1.29 is 9.47 Å². The maximum atomic E-state index is 5.99. The van der Waals surface area contributed by atoms with Crippen LogP contribution in [-0.2, 0) is 17.9 Å². The lowest BCUT2D eigenvalue weighted by molar-refractivity contribution is 0.0770. The van der Waals surface area contributed by atoms with Crippen LogP contribution in [0.3, 0.4) is 0 Å². The summed E-state index contributed by atoms with van der Waals surface area (Å²) in [6, 6.07) is 15.9. The predicted octanol–water partition coefficient (Wildman–Crippen LogP) is 4.82. The zero-order chi connectivity index (χ0) is 17.2. The van der Waals surface area contributed by atoms with Gasteiger partial charge in [0.15, 0.2) is 0 Å². The van der Waals surface area contributed by atoms with E-state index in [2.05, 4.69) is 31.3 Å². The molecule has 0 heterocycles. The summed E-state index contributed by atoms with van der Waals surface area (Å²) in [6.07, 6.45) is 1.32. The maximum Gasteiger partial charge on any atom is 0.120 e. The molecule has 0 spiro atoms. The third-order valence-corrected chi connectivity index (χ3v) is 3.71. The van der Waals surface area contributed by atoms with E-state index in [0.29, 0.717) is 12.7 Å². The monoisotopic (exact) mass is 347 g/mol. The predicted molar refractivity (Wildman–Crippen MR) is 99.6 cm³/mol. The molecular formula is C20H26ClNO2. The highest BCUT2D eigenvalue weighted by atomic mass is 35.5. The van der Waals surface area contributed by atoms with Gasteiger partial charge >= 0.3 is 0 Å². The number of nitrogens with one attached hydrogen (secondary N) is 1. The van der Waals surface area contributed by atoms with E-state index >= 15 is 0 Å². The van der Waals surface area contributed by atoms with E-state index in [-0.39, 0.29) is 0 Å². The fourth-order valence-corrected chi connectivity index (χ4v) is 2.50. The summed E-state index contributed by atoms with van der Waals surface area (Å²) in [5, 5.41) is 4.16. The zero-order valence-corrected chi connectivity index (χ0v) is 15.2. The minimum absolute atomic E-state index is 0.304. The van der Waals surface area contributed by atoms with Gasteiger partial charge in [0.2, 0.25) is 0 Å². The Balaban J connectivity index is 1.73. The Bertz CT molecular complexity index is 616. The van der Waals surface area contributed by atoms with Gasteiger partial charge < -0.3 is 14.8 Å². The van der Waals surface area contributed by atoms with Crippen molar-refractivity contribution in [3.63, 3.8) is 0 Å². The largest absolute Gasteiger partial charge is 0.489 e. The Kier molecular flexibility index (Phi) is 8.10. The van der Waals surface area contributed by atoms with Crippen LogP contribution in [0.4, 0.5) is 0 Å². The molecule has 0 saturated carbocycles. The molecule has 24 heavy (non-hydrogen) atoms. The quantitative estimate of drug-likeness (QED) is 0.625. The molecular weight excluding hydrogens is 322 g/mol. The lowest BCUT2D eigenvalue weighted by Crippen LogP contribution is -2.17. The highest BCUT2D eigenvalue weighted by molar-refractivity contribution is 6.30. The zero-order valence-electron chi connectivity index (χ0n) is 14.4. The number of benzene rings is 2. The molecule has 3 nitrogen and oxygen atoms in total. The van der Waals surface area contributed by atoms with Gasteiger partial charge in [0.25, 0.3) is 0 Å². The molecule has 0 aliphatic rings. The molecule has 0 fully saturated rings. The molecule has 0 amide bonds. The summed E-state index contributed by atoms with van der Waals surface area (Å²) >= 11 is 5.99. The van der Waals surface area contributed by atoms with Crippen LogP contribution in [0, 0.1) is 0 Å². The van der Waals surface area contributed by atoms with Crippen molar-refractivity contribution in [3.05, 3.63) is 64.7 Å². The Morgan fingerprint density at radius 2 is 1.83 bits per heavy atom. The molecule has 0 aliphatic carbocycles. The minimum Gasteiger partial charge on any atom is -0.489 e. The second kappa shape index (κ2) is 10.3. The minimum atomic E-state index is 0.304. The van der Waals surface area contributed by atoms with Crippen molar-refractivity contribution in [2.45, 2.75) is 39.5 Å². The van der Waals surface area contributed by atoms with E-state index in [1.807, 2.05) is 36.4 Å². The van der Waals surface area contributed by atoms with E-state index in [0.717, 1.165) is 42.5 Å². The van der Waals surface area contributed by atoms with E-state index in [9.17, 15) is 0 Å². The average molecular weight is 348 g/mol. The first-order valence-electron chi connectivity index (χ1n) is 8.42. The molecule has 0 unspecified atom stereocenters. The molecule has 130 valence electrons. The third-order valence-electron chi connectivity index (χ3n) is 3.47. The topological polar surface area (TPSA) is 30.5 Å². The van der Waals surface area contributed by atoms with Gasteiger partial charge in [-0.1, -0.05) is 35.9 Å². The summed E-state index contributed by atoms with van der Waals surface area (Å²) in [7, 11) is 0. The molecule has 0 saturated heterocycles. The van der Waals surface area contributed by atoms with E-state index in [4.69, 9.17) is 21.1 Å². The van der Waals surface area contributed by atoms with E-state index < -0.39 is 0 Å². The van der Waals surface area contributed by atoms with Crippen molar-refractivity contribution in [2.24, 2.45) is 0 Å². The molecule has 0 bridgehead atoms. The van der Waals surface area contributed by atoms with Crippen LogP contribution in [0.25, 0.3) is 0 Å². The molecule has 2 rings (SSSR count). The van der Waals surface area contributed by atoms with Crippen LogP contribution < -0.4 is 10.1 Å². The van der Waals surface area contributed by atoms with E-state index in [1.165, 1.54) is 5.56 Å². The van der Waals surface area contributed by atoms with Gasteiger partial charge in [-0.2, -0.15) is 0 Å². The van der Waals surface area contributed by atoms with Gasteiger partial charge in [0.05, 0.1) is 6.10 Å². The summed E-state index contributed by atoms with van der Waals surface area (Å²) in [4.78, 5) is 0. The number of rotatable bonds is 10. The molecule has 0 aliphatic heterocycles. The highest BCUT2D eigenvalue weighted by Gasteiger charge is 2.00. The molecule has 0 atom stereocenters. The molecule has 0 radical (unpaired) electrons. The third kappa shape index (κ3) is 7.35. The lowest BCUT2D eigenvalue weighted by atomic mass is 10.2. The summed E-state index contributed by atoms with van der Waals surface area (Å²) in [5.74, 6) is 0.873. The SMILES string of the molecule is CC(C)OCCCNCc1cccc(OCc2cccc(Cl)c2)c1. The molecule has 4 heteroatoms. The Morgan fingerprint density at radius 3 is 2.62 bits per heavy atom. The Labute approximate surface area is 149 Å². The summed E-state index contributed by atoms with van der Waals surface area (Å²) < 4.78 is 11.4. The first-order valence-corrected chi connectivity index (χ1v) is 8.80. The van der Waals surface area contributed by atoms with Crippen LogP contribution in [0.5, 0.6) is 5.75 Å². The van der Waals surface area contributed by atoms with Gasteiger partial charge in [-0.25, -0.2) is 0 Å². The van der Waals surface area contributed by atoms with Gasteiger partial charge in [0, 0.05) is 18.2 Å². The normalized spacial score (nSPS) is 11.0. The van der Waals surface area contributed by atoms with Gasteiger partial charge in [-0.3, -0.25) is 0 Å². The van der Waals surface area contributed by atoms with Gasteiger partial charge in [-0.05, 0) is 62.2 Å². The highest BCUT2D eigenvalue weighted by Crippen LogP contribution is 2.17. The fourth-order valence-electron chi connectivity index (χ4n) is 2.29. The fraction of sp³-hybridized carbons (Fsp3) is 0.400. The van der Waals surface area contributed by atoms with Crippen molar-refractivity contribution in [1.29, 1.82) is 0 Å². The Hall–Kier alpha value is -1.55. The number of hydrogen-bond donors (Lipinski definition) is 1. The second-order valence-electron chi connectivity index (χ2n) is 6.02. The summed E-state index contributed by atoms with van der Waals surface area (Å²) in [5.41, 5.74) is 2.28. The van der Waals surface area contributed by atoms with E-state index in [1.54, 1.807) is 0 Å². The standard InChI is InChI=1S/C20H26ClNO2/c1-16(2)23-11-5-10-22-14-17-6-4-9-20(13-17)24-15-18-7-3-8-19(21)12-18/h3-4,6-9,12-13,16,22H,5,10-11,14-15H2,1-2H3. The molecule has 2 aromatic carbocycles. The van der Waals surface area contributed by atoms with Crippen molar-refractivity contribution in [1.82, 2.24) is 5.32 Å². The smallest absolute Gasteiger partial charge is 0.120 e. The lowest BCUT2D eigenvalue weighted by Gasteiger charge is -2.10. The Morgan fingerprint density at radius 1 is 1.04 bits per heavy atom. The maximum absolute atomic E-state index is 5.99. The van der Waals surface area contributed by atoms with Crippen molar-refractivity contribution >= 4 is 11.6 Å². The van der Waals surface area contributed by atoms with Crippen LogP contribution in [0.1, 0.15) is 31.4 Å². The van der Waals surface area contributed by atoms with Crippen LogP contribution in [0.2, 0.25) is 5.02 Å². The number of ether oxygens (including phenoxy) is 2. The van der Waals surface area contributed by atoms with Crippen LogP contribution in [-0.4, -0.2) is 19.3 Å². The summed E-state index contributed by atoms with van der Waals surface area (Å²) in [6.45, 7) is 7.21. The molecule has 2 aromatic rings. The van der Waals surface area contributed by atoms with Crippen LogP contribution >= 0.6 is 11.6 Å². The van der Waals surface area contributed by atoms with Crippen LogP contribution in [0.15, 0.2) is 48.5 Å². The van der Waals surface area contributed by atoms with Gasteiger partial charge in [0.1, 0.15) is 12.4 Å². The number of hydrogen-bond acceptors (Lipinski definition) is 3. The molecule has 0 aromatic heterocycles. The first-order chi connectivity index (χ1) is 11.6.